The molecule has 8 N–H and O–H groups in total. The molecule has 49 heavy (non-hydrogen) atoms. The molecule has 4 unspecified atom stereocenters. The fourth-order valence-corrected chi connectivity index (χ4v) is 10.2. The predicted octanol–water partition coefficient (Wildman–Crippen LogP) is 2.96. The van der Waals surface area contributed by atoms with Gasteiger partial charge >= 0.3 is 29.6 Å². The molecule has 2 aromatic rings. The Balaban J connectivity index is 1.38. The molecule has 21 nitrogen and oxygen atoms in total. The third-order valence-electron chi connectivity index (χ3n) is 6.97. The first kappa shape index (κ1) is 40.0. The second-order valence-corrected chi connectivity index (χ2v) is 22.7. The van der Waals surface area contributed by atoms with Gasteiger partial charge in [-0.3, -0.25) is 18.9 Å². The standard InChI is InChI=1S/C23H39N6O15P3S2/c1-49(2,13-26-23(31)41-15-8-6-4-3-5-7-9-15)48-14-39-16-10-18(29-12-25-19-20(29)27-22(24)28-21(19)30)42-17(16)11-40-46(35,36)44-47(37,38)43-45(32,33)34/h3-4,12,15-18H,5-11,13-14H2,1-2H3,(H,26,31)(H,35,36)(H,37,38)(H2,32,33,34)(H3,24,27,28,30)/b4-3+/t15?,16?,17-,18-/m1/s1. The number of imidazole rings is 1. The fourth-order valence-electron chi connectivity index (χ4n) is 4.78. The summed E-state index contributed by atoms with van der Waals surface area (Å²) >= 11 is 0. The summed E-state index contributed by atoms with van der Waals surface area (Å²) in [7, 11) is -16.9. The highest BCUT2D eigenvalue weighted by Gasteiger charge is 2.44. The molecule has 6 atom stereocenters. The third kappa shape index (κ3) is 12.7. The number of anilines is 1. The number of carbonyl (C=O) groups is 1. The maximum absolute atomic E-state index is 12.5. The number of carbonyl (C=O) groups excluding carboxylic acids is 1. The van der Waals surface area contributed by atoms with E-state index in [2.05, 4.69) is 41.0 Å². The van der Waals surface area contributed by atoms with Crippen molar-refractivity contribution in [1.29, 1.82) is 0 Å². The number of nitrogen functional groups attached to an aromatic ring is 1. The highest BCUT2D eigenvalue weighted by Crippen LogP contribution is 2.66. The number of fused-ring (bicyclic) bond motifs is 1. The van der Waals surface area contributed by atoms with E-state index >= 15 is 0 Å². The van der Waals surface area contributed by atoms with Gasteiger partial charge in [0, 0.05) is 6.42 Å². The summed E-state index contributed by atoms with van der Waals surface area (Å²) in [6.07, 6.45) is 10.2. The first-order valence-corrected chi connectivity index (χ1v) is 23.2. The van der Waals surface area contributed by atoms with Crippen molar-refractivity contribution >= 4 is 66.5 Å². The van der Waals surface area contributed by atoms with Gasteiger partial charge in [-0.15, -0.1) is 0 Å². The number of nitrogens with one attached hydrogen (secondary N) is 2. The van der Waals surface area contributed by atoms with Crippen LogP contribution in [0.5, 0.6) is 0 Å². The molecule has 0 aromatic carbocycles. The Morgan fingerprint density at radius 2 is 1.90 bits per heavy atom. The van der Waals surface area contributed by atoms with Gasteiger partial charge in [0.05, 0.1) is 24.9 Å². The van der Waals surface area contributed by atoms with Crippen molar-refractivity contribution < 1.29 is 65.4 Å². The highest BCUT2D eigenvalue weighted by molar-refractivity contribution is 8.93. The van der Waals surface area contributed by atoms with Gasteiger partial charge in [-0.2, -0.15) is 22.7 Å². The van der Waals surface area contributed by atoms with Gasteiger partial charge in [0.15, 0.2) is 11.2 Å². The molecule has 0 radical (unpaired) electrons. The maximum atomic E-state index is 12.5. The SMILES string of the molecule is CS(C)(CNC(=O)OC1CC/C=C/CCC1)SCOC1C[C@H](n2cnc3c(=O)[nH]c(N)nc32)O[C@@H]1COP(=O)(O)OP(=O)(O)OP(=O)(O)O. The maximum Gasteiger partial charge on any atom is 0.490 e. The van der Waals surface area contributed by atoms with Crippen LogP contribution >= 0.6 is 43.3 Å². The topological polar surface area (TPSA) is 306 Å². The molecule has 0 saturated carbocycles. The Kier molecular flexibility index (Phi) is 13.6. The van der Waals surface area contributed by atoms with Crippen LogP contribution in [0.1, 0.15) is 44.8 Å². The lowest BCUT2D eigenvalue weighted by atomic mass is 10.0. The predicted molar refractivity (Wildman–Crippen MR) is 178 cm³/mol. The van der Waals surface area contributed by atoms with Crippen molar-refractivity contribution in [1.82, 2.24) is 24.8 Å². The number of aromatic nitrogens is 4. The summed E-state index contributed by atoms with van der Waals surface area (Å²) in [6, 6.07) is 0. The number of phosphoric ester groups is 1. The van der Waals surface area contributed by atoms with E-state index < -0.39 is 69.2 Å². The Morgan fingerprint density at radius 3 is 2.63 bits per heavy atom. The quantitative estimate of drug-likeness (QED) is 0.0589. The van der Waals surface area contributed by atoms with Crippen molar-refractivity contribution in [2.75, 3.05) is 36.7 Å². The van der Waals surface area contributed by atoms with E-state index in [9.17, 15) is 33.1 Å². The zero-order chi connectivity index (χ0) is 36.0. The molecule has 0 spiro atoms. The number of phosphoric acid groups is 3. The number of amides is 1. The van der Waals surface area contributed by atoms with Crippen molar-refractivity contribution in [3.05, 3.63) is 28.8 Å². The Bertz CT molecular complexity index is 1700. The molecule has 26 heteroatoms. The molecule has 1 aliphatic carbocycles. The largest absolute Gasteiger partial charge is 0.490 e. The van der Waals surface area contributed by atoms with Gasteiger partial charge in [0.25, 0.3) is 5.56 Å². The molecular weight excluding hydrogens is 757 g/mol. The average molecular weight is 797 g/mol. The molecule has 1 saturated heterocycles. The normalized spacial score (nSPS) is 25.5. The molecule has 2 aliphatic rings. The number of ether oxygens (including phenoxy) is 3. The Hall–Kier alpha value is -1.81. The average Bonchev–Trinajstić information content (AvgIpc) is 3.54. The van der Waals surface area contributed by atoms with Crippen LogP contribution < -0.4 is 16.6 Å². The number of H-pyrrole nitrogens is 1. The number of alkyl carbamates (subject to hydrolysis) is 1. The number of hydrogen-bond acceptors (Lipinski definition) is 15. The van der Waals surface area contributed by atoms with Crippen LogP contribution in [0.15, 0.2) is 23.3 Å². The molecular formula is C23H39N6O15P3S2. The van der Waals surface area contributed by atoms with Crippen LogP contribution in [0.25, 0.3) is 11.2 Å². The zero-order valence-corrected chi connectivity index (χ0v) is 30.6. The highest BCUT2D eigenvalue weighted by atomic mass is 33.2. The molecule has 1 fully saturated rings. The second kappa shape index (κ2) is 16.7. The monoisotopic (exact) mass is 796 g/mol. The number of nitrogens with two attached hydrogens (primary N) is 1. The third-order valence-corrected chi connectivity index (χ3v) is 15.0. The van der Waals surface area contributed by atoms with Gasteiger partial charge in [-0.25, -0.2) is 23.5 Å². The van der Waals surface area contributed by atoms with Crippen LogP contribution in [0, 0.1) is 0 Å². The van der Waals surface area contributed by atoms with E-state index in [1.54, 1.807) is 0 Å². The van der Waals surface area contributed by atoms with Crippen molar-refractivity contribution in [2.45, 2.75) is 63.1 Å². The number of rotatable bonds is 15. The zero-order valence-electron chi connectivity index (χ0n) is 26.3. The lowest BCUT2D eigenvalue weighted by Gasteiger charge is -2.31. The Morgan fingerprint density at radius 1 is 1.16 bits per heavy atom. The van der Waals surface area contributed by atoms with Crippen LogP contribution in [0.3, 0.4) is 0 Å². The minimum atomic E-state index is -5.75. The molecule has 1 amide bonds. The van der Waals surface area contributed by atoms with E-state index in [0.29, 0.717) is 5.88 Å². The van der Waals surface area contributed by atoms with Crippen LogP contribution in [-0.4, -0.2) is 94.4 Å². The lowest BCUT2D eigenvalue weighted by molar-refractivity contribution is -0.0522. The minimum Gasteiger partial charge on any atom is -0.446 e. The van der Waals surface area contributed by atoms with E-state index in [1.807, 2.05) is 12.5 Å². The number of allylic oxidation sites excluding steroid dienone is 2. The van der Waals surface area contributed by atoms with Crippen LogP contribution in [-0.2, 0) is 41.1 Å². The lowest BCUT2D eigenvalue weighted by Crippen LogP contribution is -2.31. The van der Waals surface area contributed by atoms with Crippen molar-refractivity contribution in [3.63, 3.8) is 0 Å². The van der Waals surface area contributed by atoms with Crippen LogP contribution in [0.4, 0.5) is 10.7 Å². The summed E-state index contributed by atoms with van der Waals surface area (Å²) in [5.41, 5.74) is 5.13. The van der Waals surface area contributed by atoms with Gasteiger partial charge in [-0.05, 0) is 44.6 Å². The van der Waals surface area contributed by atoms with E-state index in [1.165, 1.54) is 21.7 Å². The van der Waals surface area contributed by atoms with Gasteiger partial charge in [-0.1, -0.05) is 22.9 Å². The Labute approximate surface area is 284 Å². The van der Waals surface area contributed by atoms with Gasteiger partial charge < -0.3 is 44.8 Å². The summed E-state index contributed by atoms with van der Waals surface area (Å²) in [5, 5.41) is 2.82. The first-order chi connectivity index (χ1) is 22.8. The summed E-state index contributed by atoms with van der Waals surface area (Å²) in [5.74, 6) is 0.194. The molecule has 0 bridgehead atoms. The van der Waals surface area contributed by atoms with Crippen molar-refractivity contribution in [3.8, 4) is 0 Å². The molecule has 1 aliphatic heterocycles. The summed E-state index contributed by atoms with van der Waals surface area (Å²) in [6.45, 7) is -0.779. The second-order valence-electron chi connectivity index (χ2n) is 11.2. The minimum absolute atomic E-state index is 0.0368. The summed E-state index contributed by atoms with van der Waals surface area (Å²) < 4.78 is 66.5. The smallest absolute Gasteiger partial charge is 0.446 e. The van der Waals surface area contributed by atoms with E-state index in [-0.39, 0.29) is 35.6 Å². The van der Waals surface area contributed by atoms with E-state index in [0.717, 1.165) is 32.1 Å². The molecule has 278 valence electrons. The van der Waals surface area contributed by atoms with Gasteiger partial charge in [0.1, 0.15) is 24.4 Å². The van der Waals surface area contributed by atoms with Crippen molar-refractivity contribution in [2.24, 2.45) is 0 Å². The number of aromatic amines is 1. The molecule has 3 heterocycles. The van der Waals surface area contributed by atoms with E-state index in [4.69, 9.17) is 34.3 Å². The summed E-state index contributed by atoms with van der Waals surface area (Å²) in [4.78, 5) is 72.2. The number of nitrogens with zero attached hydrogens (tertiary/aromatic N) is 3. The van der Waals surface area contributed by atoms with Gasteiger partial charge in [0.2, 0.25) is 5.95 Å². The molecule has 2 aromatic heterocycles. The van der Waals surface area contributed by atoms with Crippen LogP contribution in [0.2, 0.25) is 0 Å². The number of hydrogen-bond donors (Lipinski definition) is 7. The molecule has 4 rings (SSSR count). The fraction of sp³-hybridized carbons (Fsp3) is 0.652. The first-order valence-electron chi connectivity index (χ1n) is 14.5.